The van der Waals surface area contributed by atoms with Crippen LogP contribution in [0.4, 0.5) is 5.82 Å². The van der Waals surface area contributed by atoms with Crippen molar-refractivity contribution in [3.05, 3.63) is 41.2 Å². The molecule has 2 aliphatic rings. The van der Waals surface area contributed by atoms with E-state index in [4.69, 9.17) is 28.7 Å². The van der Waals surface area contributed by atoms with Gasteiger partial charge in [0.25, 0.3) is 0 Å². The van der Waals surface area contributed by atoms with E-state index in [1.165, 1.54) is 0 Å². The Morgan fingerprint density at radius 1 is 1.04 bits per heavy atom. The second kappa shape index (κ2) is 13.0. The van der Waals surface area contributed by atoms with E-state index >= 15 is 0 Å². The number of hydrogen-bond acceptors (Lipinski definition) is 9. The number of nitrogens with zero attached hydrogens (tertiary/aromatic N) is 5. The van der Waals surface area contributed by atoms with Gasteiger partial charge in [-0.25, -0.2) is 27.8 Å². The highest BCUT2D eigenvalue weighted by Crippen LogP contribution is 2.44. The Morgan fingerprint density at radius 3 is 2.31 bits per heavy atom. The number of aryl methyl sites for hydroxylation is 1. The molecule has 0 aliphatic carbocycles. The molecule has 0 radical (unpaired) electrons. The molecule has 1 spiro atoms. The van der Waals surface area contributed by atoms with Crippen LogP contribution < -0.4 is 14.4 Å². The van der Waals surface area contributed by atoms with Crippen molar-refractivity contribution in [3.63, 3.8) is 0 Å². The summed E-state index contributed by atoms with van der Waals surface area (Å²) < 4.78 is 47.7. The largest absolute Gasteiger partial charge is 0.497 e. The van der Waals surface area contributed by atoms with E-state index in [0.29, 0.717) is 24.5 Å². The fourth-order valence-corrected chi connectivity index (χ4v) is 7.51. The first-order valence-corrected chi connectivity index (χ1v) is 17.8. The Kier molecular flexibility index (Phi) is 9.78. The average Bonchev–Trinajstić information content (AvgIpc) is 3.45. The summed E-state index contributed by atoms with van der Waals surface area (Å²) in [6.45, 7) is 18.3. The Balaban J connectivity index is 1.44. The maximum absolute atomic E-state index is 13.1. The molecule has 2 aromatic heterocycles. The van der Waals surface area contributed by atoms with Gasteiger partial charge in [-0.05, 0) is 85.9 Å². The quantitative estimate of drug-likeness (QED) is 0.351. The minimum Gasteiger partial charge on any atom is -0.497 e. The van der Waals surface area contributed by atoms with Gasteiger partial charge in [0, 0.05) is 18.5 Å². The molecular weight excluding hydrogens is 613 g/mol. The van der Waals surface area contributed by atoms with E-state index in [0.717, 1.165) is 54.3 Å². The van der Waals surface area contributed by atoms with Crippen molar-refractivity contribution in [3.8, 4) is 5.75 Å². The van der Waals surface area contributed by atoms with Crippen LogP contribution in [-0.2, 0) is 44.1 Å². The summed E-state index contributed by atoms with van der Waals surface area (Å²) in [5.74, 6) is 1.52. The molecule has 0 saturated carbocycles. The van der Waals surface area contributed by atoms with E-state index in [9.17, 15) is 8.42 Å². The predicted molar refractivity (Wildman–Crippen MR) is 179 cm³/mol. The first-order valence-electron chi connectivity index (χ1n) is 15.6. The second-order valence-corrected chi connectivity index (χ2v) is 18.1. The van der Waals surface area contributed by atoms with Gasteiger partial charge in [0.15, 0.2) is 22.5 Å². The average molecular weight is 661 g/mol. The number of hydrogen-bond donors (Lipinski definition) is 1. The first-order chi connectivity index (χ1) is 21.1. The van der Waals surface area contributed by atoms with Gasteiger partial charge in [0.1, 0.15) is 23.6 Å². The maximum atomic E-state index is 13.1. The minimum atomic E-state index is -1.52. The summed E-state index contributed by atoms with van der Waals surface area (Å²) in [6.07, 6.45) is 1.66. The number of piperidine rings is 1. The highest BCUT2D eigenvalue weighted by molar-refractivity contribution is 7.84. The minimum absolute atomic E-state index is 0.0104. The van der Waals surface area contributed by atoms with Crippen molar-refractivity contribution < 1.29 is 22.1 Å². The third-order valence-corrected chi connectivity index (χ3v) is 11.6. The molecule has 2 fully saturated rings. The van der Waals surface area contributed by atoms with Crippen LogP contribution in [0.1, 0.15) is 78.3 Å². The van der Waals surface area contributed by atoms with Crippen LogP contribution in [-0.4, -0.2) is 76.6 Å². The molecule has 248 valence electrons. The fraction of sp³-hybridized carbons (Fsp3) is 0.656. The number of ether oxygens (including phenoxy) is 2. The van der Waals surface area contributed by atoms with Gasteiger partial charge < -0.3 is 14.4 Å². The molecule has 11 nitrogen and oxygen atoms in total. The number of anilines is 1. The molecule has 4 heterocycles. The molecule has 13 heteroatoms. The van der Waals surface area contributed by atoms with E-state index in [1.54, 1.807) is 7.11 Å². The van der Waals surface area contributed by atoms with Crippen LogP contribution in [0.5, 0.6) is 5.75 Å². The number of fused-ring (bicyclic) bond motifs is 1. The first kappa shape index (κ1) is 33.9. The molecule has 2 saturated heterocycles. The Labute approximate surface area is 272 Å². The standard InChI is InChI=1S/C32H48N6O5S2/c1-21-26-29(38(35-21)18-23-10-12-24(41-9)13-11-23)33-25(19-43-45(40)31(6,7)8)28(34-26)37-16-14-32(15-17-37)20-42-22(2)27(32)36-44(39)30(3,4)5/h10-13,22,27,36H,14-20H2,1-9H3/t22-,27+,44?,45?/m0/s1. The summed E-state index contributed by atoms with van der Waals surface area (Å²) in [4.78, 5) is 12.5. The summed E-state index contributed by atoms with van der Waals surface area (Å²) in [5, 5.41) is 4.80. The Hall–Kier alpha value is -2.45. The Morgan fingerprint density at radius 2 is 1.71 bits per heavy atom. The molecular formula is C32H48N6O5S2. The van der Waals surface area contributed by atoms with Gasteiger partial charge >= 0.3 is 0 Å². The number of methoxy groups -OCH3 is 1. The van der Waals surface area contributed by atoms with E-state index in [1.807, 2.05) is 77.4 Å². The third-order valence-electron chi connectivity index (χ3n) is 8.69. The monoisotopic (exact) mass is 660 g/mol. The highest BCUT2D eigenvalue weighted by Gasteiger charge is 2.51. The molecule has 2 unspecified atom stereocenters. The van der Waals surface area contributed by atoms with E-state index < -0.39 is 26.8 Å². The molecule has 1 N–H and O–H groups in total. The predicted octanol–water partition coefficient (Wildman–Crippen LogP) is 4.60. The highest BCUT2D eigenvalue weighted by atomic mass is 32.2. The molecule has 2 aliphatic heterocycles. The fourth-order valence-electron chi connectivity index (χ4n) is 5.91. The molecule has 4 atom stereocenters. The zero-order valence-corrected chi connectivity index (χ0v) is 29.6. The summed E-state index contributed by atoms with van der Waals surface area (Å²) >= 11 is -1.52. The van der Waals surface area contributed by atoms with Gasteiger partial charge in [0.05, 0.1) is 58.6 Å². The van der Waals surface area contributed by atoms with Crippen molar-refractivity contribution in [2.75, 3.05) is 31.7 Å². The van der Waals surface area contributed by atoms with Crippen LogP contribution in [0.3, 0.4) is 0 Å². The van der Waals surface area contributed by atoms with Crippen molar-refractivity contribution in [2.45, 2.75) is 103 Å². The Bertz CT molecular complexity index is 1560. The van der Waals surface area contributed by atoms with E-state index in [2.05, 4.69) is 16.5 Å². The number of benzene rings is 1. The van der Waals surface area contributed by atoms with Crippen molar-refractivity contribution >= 4 is 39.0 Å². The lowest BCUT2D eigenvalue weighted by Crippen LogP contribution is -2.55. The van der Waals surface area contributed by atoms with Crippen molar-refractivity contribution in [2.24, 2.45) is 5.41 Å². The molecule has 45 heavy (non-hydrogen) atoms. The second-order valence-electron chi connectivity index (χ2n) is 14.2. The van der Waals surface area contributed by atoms with E-state index in [-0.39, 0.29) is 28.9 Å². The lowest BCUT2D eigenvalue weighted by atomic mass is 9.73. The SMILES string of the molecule is COc1ccc(Cn2nc(C)c3nc(N4CCC5(CC4)CO[C@@H](C)[C@H]5NS(=O)C(C)(C)C)c(COS(=O)C(C)(C)C)nc32)cc1. The zero-order chi connectivity index (χ0) is 32.7. The van der Waals surface area contributed by atoms with Crippen LogP contribution in [0.2, 0.25) is 0 Å². The van der Waals surface area contributed by atoms with Gasteiger partial charge in [0.2, 0.25) is 0 Å². The lowest BCUT2D eigenvalue weighted by Gasteiger charge is -2.43. The number of nitrogens with one attached hydrogen (secondary N) is 1. The van der Waals surface area contributed by atoms with Gasteiger partial charge in [-0.3, -0.25) is 4.18 Å². The van der Waals surface area contributed by atoms with Gasteiger partial charge in [-0.15, -0.1) is 0 Å². The van der Waals surface area contributed by atoms with Crippen LogP contribution >= 0.6 is 0 Å². The third kappa shape index (κ3) is 7.27. The molecule has 0 amide bonds. The topological polar surface area (TPSA) is 121 Å². The van der Waals surface area contributed by atoms with Crippen molar-refractivity contribution in [1.29, 1.82) is 0 Å². The smallest absolute Gasteiger partial charge is 0.177 e. The van der Waals surface area contributed by atoms with Crippen LogP contribution in [0.25, 0.3) is 11.2 Å². The zero-order valence-electron chi connectivity index (χ0n) is 28.0. The van der Waals surface area contributed by atoms with Gasteiger partial charge in [-0.1, -0.05) is 12.1 Å². The van der Waals surface area contributed by atoms with Gasteiger partial charge in [-0.2, -0.15) is 5.10 Å². The molecule has 3 aromatic rings. The van der Waals surface area contributed by atoms with Crippen LogP contribution in [0.15, 0.2) is 24.3 Å². The summed E-state index contributed by atoms with van der Waals surface area (Å²) in [5.41, 5.74) is 3.75. The van der Waals surface area contributed by atoms with Crippen molar-refractivity contribution in [1.82, 2.24) is 24.5 Å². The maximum Gasteiger partial charge on any atom is 0.177 e. The molecule has 0 bridgehead atoms. The lowest BCUT2D eigenvalue weighted by molar-refractivity contribution is 0.0973. The summed E-state index contributed by atoms with van der Waals surface area (Å²) in [6, 6.07) is 7.87. The van der Waals surface area contributed by atoms with Crippen LogP contribution in [0, 0.1) is 12.3 Å². The number of rotatable bonds is 9. The normalized spacial score (nSPS) is 21.8. The molecule has 5 rings (SSSR count). The summed E-state index contributed by atoms with van der Waals surface area (Å²) in [7, 11) is 0.452. The molecule has 1 aromatic carbocycles. The number of aromatic nitrogens is 4.